The molecule has 0 aromatic heterocycles. The van der Waals surface area contributed by atoms with Crippen LogP contribution in [0.25, 0.3) is 0 Å². The Morgan fingerprint density at radius 1 is 1.04 bits per heavy atom. The highest BCUT2D eigenvalue weighted by Crippen LogP contribution is 2.33. The first-order chi connectivity index (χ1) is 12.7. The van der Waals surface area contributed by atoms with E-state index < -0.39 is 6.10 Å². The molecule has 26 heavy (non-hydrogen) atoms. The molecule has 4 rings (SSSR count). The van der Waals surface area contributed by atoms with Crippen molar-refractivity contribution in [3.63, 3.8) is 0 Å². The maximum absolute atomic E-state index is 12.6. The van der Waals surface area contributed by atoms with Gasteiger partial charge in [-0.3, -0.25) is 4.79 Å². The number of fused-ring (bicyclic) bond motifs is 1. The molecule has 1 heterocycles. The van der Waals surface area contributed by atoms with E-state index in [2.05, 4.69) is 21.9 Å². The second kappa shape index (κ2) is 7.50. The van der Waals surface area contributed by atoms with E-state index in [-0.39, 0.29) is 5.91 Å². The van der Waals surface area contributed by atoms with Crippen molar-refractivity contribution < 1.29 is 9.90 Å². The van der Waals surface area contributed by atoms with Gasteiger partial charge in [0.25, 0.3) is 0 Å². The Labute approximate surface area is 155 Å². The zero-order chi connectivity index (χ0) is 17.9. The van der Waals surface area contributed by atoms with Crippen molar-refractivity contribution in [3.8, 4) is 0 Å². The fourth-order valence-corrected chi connectivity index (χ4v) is 3.83. The van der Waals surface area contributed by atoms with Crippen molar-refractivity contribution in [3.05, 3.63) is 65.7 Å². The summed E-state index contributed by atoms with van der Waals surface area (Å²) >= 11 is 0. The molecule has 4 heteroatoms. The van der Waals surface area contributed by atoms with Gasteiger partial charge in [-0.1, -0.05) is 48.5 Å². The Morgan fingerprint density at radius 3 is 2.54 bits per heavy atom. The number of hydrogen-bond acceptors (Lipinski definition) is 3. The summed E-state index contributed by atoms with van der Waals surface area (Å²) in [4.78, 5) is 16.9. The number of para-hydroxylation sites is 1. The second-order valence-corrected chi connectivity index (χ2v) is 7.42. The lowest BCUT2D eigenvalue weighted by Crippen LogP contribution is -2.41. The summed E-state index contributed by atoms with van der Waals surface area (Å²) in [6.45, 7) is 1.89. The molecular weight excluding hydrogens is 324 g/mol. The molecule has 0 saturated heterocycles. The molecule has 136 valence electrons. The monoisotopic (exact) mass is 350 g/mol. The minimum absolute atomic E-state index is 0.240. The van der Waals surface area contributed by atoms with Crippen molar-refractivity contribution in [2.24, 2.45) is 0 Å². The van der Waals surface area contributed by atoms with Crippen LogP contribution in [-0.2, 0) is 17.8 Å². The lowest BCUT2D eigenvalue weighted by Gasteiger charge is -2.34. The number of aliphatic hydroxyl groups is 1. The summed E-state index contributed by atoms with van der Waals surface area (Å²) < 4.78 is 0. The third-order valence-electron chi connectivity index (χ3n) is 5.32. The third-order valence-corrected chi connectivity index (χ3v) is 5.32. The van der Waals surface area contributed by atoms with Crippen LogP contribution in [0.1, 0.15) is 30.4 Å². The average molecular weight is 350 g/mol. The molecule has 1 amide bonds. The van der Waals surface area contributed by atoms with Crippen molar-refractivity contribution >= 4 is 11.6 Å². The molecule has 1 fully saturated rings. The summed E-state index contributed by atoms with van der Waals surface area (Å²) in [5.74, 6) is 0.240. The summed E-state index contributed by atoms with van der Waals surface area (Å²) in [6.07, 6.45) is 2.95. The van der Waals surface area contributed by atoms with Crippen LogP contribution < -0.4 is 4.90 Å². The minimum atomic E-state index is -0.459. The van der Waals surface area contributed by atoms with E-state index in [0.29, 0.717) is 38.5 Å². The summed E-state index contributed by atoms with van der Waals surface area (Å²) in [5.41, 5.74) is 3.47. The first kappa shape index (κ1) is 17.1. The SMILES string of the molecule is O=C1CCN(CC(O)Cc2ccccc2)c2ccccc2CN1C1CC1. The highest BCUT2D eigenvalue weighted by atomic mass is 16.3. The van der Waals surface area contributed by atoms with E-state index in [1.807, 2.05) is 42.5 Å². The van der Waals surface area contributed by atoms with E-state index in [1.165, 1.54) is 5.56 Å². The Bertz CT molecular complexity index is 758. The number of carbonyl (C=O) groups excluding carboxylic acids is 1. The zero-order valence-corrected chi connectivity index (χ0v) is 15.1. The normalized spacial score (nSPS) is 18.9. The lowest BCUT2D eigenvalue weighted by atomic mass is 10.0. The smallest absolute Gasteiger partial charge is 0.224 e. The first-order valence-electron chi connectivity index (χ1n) is 9.55. The van der Waals surface area contributed by atoms with Crippen LogP contribution in [0.2, 0.25) is 0 Å². The number of β-amino-alcohol motifs (C(OH)–C–C–N with tert-alkyl or cyclic N) is 1. The number of rotatable bonds is 5. The number of carbonyl (C=O) groups is 1. The highest BCUT2D eigenvalue weighted by molar-refractivity contribution is 5.78. The molecule has 1 aliphatic heterocycles. The Morgan fingerprint density at radius 2 is 1.77 bits per heavy atom. The standard InChI is InChI=1S/C22H26N2O2/c25-20(14-17-6-2-1-3-7-17)16-23-13-12-22(26)24(19-10-11-19)15-18-8-4-5-9-21(18)23/h1-9,19-20,25H,10-16H2. The fourth-order valence-electron chi connectivity index (χ4n) is 3.83. The van der Waals surface area contributed by atoms with Crippen molar-refractivity contribution in [1.82, 2.24) is 4.90 Å². The van der Waals surface area contributed by atoms with Gasteiger partial charge in [0, 0.05) is 44.2 Å². The molecule has 2 aromatic carbocycles. The van der Waals surface area contributed by atoms with E-state index in [1.54, 1.807) is 0 Å². The van der Waals surface area contributed by atoms with E-state index in [9.17, 15) is 9.90 Å². The molecule has 1 atom stereocenters. The van der Waals surface area contributed by atoms with Crippen LogP contribution in [0.3, 0.4) is 0 Å². The number of aliphatic hydroxyl groups excluding tert-OH is 1. The summed E-state index contributed by atoms with van der Waals surface area (Å²) in [5, 5.41) is 10.6. The van der Waals surface area contributed by atoms with Gasteiger partial charge >= 0.3 is 0 Å². The van der Waals surface area contributed by atoms with Crippen LogP contribution in [0.5, 0.6) is 0 Å². The number of nitrogens with zero attached hydrogens (tertiary/aromatic N) is 2. The van der Waals surface area contributed by atoms with Crippen LogP contribution in [0.4, 0.5) is 5.69 Å². The zero-order valence-electron chi connectivity index (χ0n) is 15.1. The van der Waals surface area contributed by atoms with Crippen LogP contribution in [0, 0.1) is 0 Å². The maximum Gasteiger partial charge on any atom is 0.224 e. The highest BCUT2D eigenvalue weighted by Gasteiger charge is 2.34. The predicted octanol–water partition coefficient (Wildman–Crippen LogP) is 2.99. The molecule has 2 aliphatic rings. The van der Waals surface area contributed by atoms with Crippen molar-refractivity contribution in [2.75, 3.05) is 18.0 Å². The van der Waals surface area contributed by atoms with Gasteiger partial charge < -0.3 is 14.9 Å². The Kier molecular flexibility index (Phi) is 4.93. The molecule has 1 aliphatic carbocycles. The molecule has 0 spiro atoms. The number of hydrogen-bond donors (Lipinski definition) is 1. The van der Waals surface area contributed by atoms with Gasteiger partial charge in [0.15, 0.2) is 0 Å². The molecule has 1 saturated carbocycles. The van der Waals surface area contributed by atoms with Gasteiger partial charge in [-0.15, -0.1) is 0 Å². The third kappa shape index (κ3) is 3.91. The molecule has 1 N–H and O–H groups in total. The quantitative estimate of drug-likeness (QED) is 0.902. The Balaban J connectivity index is 1.51. The van der Waals surface area contributed by atoms with Gasteiger partial charge in [-0.05, 0) is 30.0 Å². The average Bonchev–Trinajstić information content (AvgIpc) is 3.48. The van der Waals surface area contributed by atoms with E-state index >= 15 is 0 Å². The topological polar surface area (TPSA) is 43.8 Å². The van der Waals surface area contributed by atoms with Gasteiger partial charge in [0.2, 0.25) is 5.91 Å². The fraction of sp³-hybridized carbons (Fsp3) is 0.409. The minimum Gasteiger partial charge on any atom is -0.391 e. The van der Waals surface area contributed by atoms with E-state index in [4.69, 9.17) is 0 Å². The van der Waals surface area contributed by atoms with Crippen LogP contribution >= 0.6 is 0 Å². The van der Waals surface area contributed by atoms with Gasteiger partial charge in [0.05, 0.1) is 6.10 Å². The number of amides is 1. The predicted molar refractivity (Wildman–Crippen MR) is 103 cm³/mol. The summed E-state index contributed by atoms with van der Waals surface area (Å²) in [6, 6.07) is 18.8. The maximum atomic E-state index is 12.6. The molecule has 0 radical (unpaired) electrons. The Hall–Kier alpha value is -2.33. The molecular formula is C22H26N2O2. The van der Waals surface area contributed by atoms with Crippen LogP contribution in [-0.4, -0.2) is 41.1 Å². The van der Waals surface area contributed by atoms with Crippen LogP contribution in [0.15, 0.2) is 54.6 Å². The lowest BCUT2D eigenvalue weighted by molar-refractivity contribution is -0.132. The summed E-state index contributed by atoms with van der Waals surface area (Å²) in [7, 11) is 0. The van der Waals surface area contributed by atoms with Gasteiger partial charge in [-0.25, -0.2) is 0 Å². The first-order valence-corrected chi connectivity index (χ1v) is 9.55. The second-order valence-electron chi connectivity index (χ2n) is 7.42. The largest absolute Gasteiger partial charge is 0.391 e. The molecule has 1 unspecified atom stereocenters. The van der Waals surface area contributed by atoms with Crippen molar-refractivity contribution in [1.29, 1.82) is 0 Å². The van der Waals surface area contributed by atoms with Gasteiger partial charge in [-0.2, -0.15) is 0 Å². The molecule has 0 bridgehead atoms. The molecule has 2 aromatic rings. The number of benzene rings is 2. The van der Waals surface area contributed by atoms with Gasteiger partial charge in [0.1, 0.15) is 0 Å². The number of anilines is 1. The molecule has 4 nitrogen and oxygen atoms in total. The van der Waals surface area contributed by atoms with Crippen molar-refractivity contribution in [2.45, 2.75) is 44.4 Å². The van der Waals surface area contributed by atoms with E-state index in [0.717, 1.165) is 24.1 Å².